The minimum absolute atomic E-state index is 0.224. The van der Waals surface area contributed by atoms with Crippen LogP contribution in [-0.4, -0.2) is 24.5 Å². The molecule has 0 heterocycles. The van der Waals surface area contributed by atoms with E-state index in [-0.39, 0.29) is 5.50 Å². The number of hydrogen-bond acceptors (Lipinski definition) is 1. The Balaban J connectivity index is 3.03. The molecule has 2 heteroatoms. The van der Waals surface area contributed by atoms with Crippen molar-refractivity contribution < 1.29 is 0 Å². The summed E-state index contributed by atoms with van der Waals surface area (Å²) in [6.07, 6.45) is 24.0. The van der Waals surface area contributed by atoms with E-state index < -0.39 is 0 Å². The number of unbranched alkanes of at least 4 members (excludes halogenated alkanes) is 15. The largest absolute Gasteiger partial charge is 0.294 e. The lowest BCUT2D eigenvalue weighted by atomic mass is 10.0. The van der Waals surface area contributed by atoms with Crippen molar-refractivity contribution in [3.05, 3.63) is 0 Å². The van der Waals surface area contributed by atoms with Crippen molar-refractivity contribution in [1.82, 2.24) is 4.90 Å². The second-order valence-corrected chi connectivity index (χ2v) is 7.99. The van der Waals surface area contributed by atoms with Gasteiger partial charge in [-0.1, -0.05) is 110 Å². The first-order valence-corrected chi connectivity index (χ1v) is 10.9. The first kappa shape index (κ1) is 23.2. The lowest BCUT2D eigenvalue weighted by Gasteiger charge is -2.16. The Morgan fingerprint density at radius 3 is 1.17 bits per heavy atom. The zero-order valence-corrected chi connectivity index (χ0v) is 17.2. The number of rotatable bonds is 18. The van der Waals surface area contributed by atoms with Crippen LogP contribution in [0, 0.1) is 0 Å². The first-order valence-electron chi connectivity index (χ1n) is 10.5. The summed E-state index contributed by atoms with van der Waals surface area (Å²) >= 11 is 6.21. The van der Waals surface area contributed by atoms with Gasteiger partial charge in [0, 0.05) is 0 Å². The fourth-order valence-corrected chi connectivity index (χ4v) is 3.27. The Morgan fingerprint density at radius 2 is 0.870 bits per heavy atom. The van der Waals surface area contributed by atoms with Crippen LogP contribution in [-0.2, 0) is 0 Å². The normalized spacial score (nSPS) is 12.9. The van der Waals surface area contributed by atoms with E-state index in [4.69, 9.17) is 11.6 Å². The molecule has 0 spiro atoms. The Morgan fingerprint density at radius 1 is 0.565 bits per heavy atom. The Bertz CT molecular complexity index is 218. The summed E-state index contributed by atoms with van der Waals surface area (Å²) in [6.45, 7) is 2.29. The molecule has 0 rings (SSSR count). The quantitative estimate of drug-likeness (QED) is 0.139. The standard InChI is InChI=1S/C21H44ClN/c1-4-5-6-7-8-9-10-11-12-13-14-15-16-17-18-19-20-21(22)23(2)3/h21H,4-20H2,1-3H3. The van der Waals surface area contributed by atoms with Gasteiger partial charge >= 0.3 is 0 Å². The van der Waals surface area contributed by atoms with Gasteiger partial charge < -0.3 is 0 Å². The minimum atomic E-state index is 0.224. The molecule has 0 bridgehead atoms. The maximum atomic E-state index is 6.21. The molecule has 0 aromatic carbocycles. The van der Waals surface area contributed by atoms with Crippen LogP contribution >= 0.6 is 11.6 Å². The van der Waals surface area contributed by atoms with Gasteiger partial charge in [-0.2, -0.15) is 0 Å². The first-order chi connectivity index (χ1) is 11.2. The number of hydrogen-bond donors (Lipinski definition) is 0. The molecule has 0 aromatic rings. The molecule has 1 unspecified atom stereocenters. The molecule has 1 nitrogen and oxygen atoms in total. The summed E-state index contributed by atoms with van der Waals surface area (Å²) in [5.41, 5.74) is 0.224. The fourth-order valence-electron chi connectivity index (χ4n) is 3.12. The Hall–Kier alpha value is 0.250. The predicted octanol–water partition coefficient (Wildman–Crippen LogP) is 7.76. The monoisotopic (exact) mass is 345 g/mol. The molecule has 1 atom stereocenters. The molecule has 0 radical (unpaired) electrons. The van der Waals surface area contributed by atoms with Gasteiger partial charge in [0.2, 0.25) is 0 Å². The van der Waals surface area contributed by atoms with Crippen molar-refractivity contribution in [1.29, 1.82) is 0 Å². The second kappa shape index (κ2) is 18.6. The van der Waals surface area contributed by atoms with Gasteiger partial charge in [0.05, 0.1) is 5.50 Å². The van der Waals surface area contributed by atoms with Gasteiger partial charge in [-0.3, -0.25) is 4.90 Å². The molecule has 23 heavy (non-hydrogen) atoms. The highest BCUT2D eigenvalue weighted by atomic mass is 35.5. The topological polar surface area (TPSA) is 3.24 Å². The van der Waals surface area contributed by atoms with Crippen molar-refractivity contribution in [2.24, 2.45) is 0 Å². The van der Waals surface area contributed by atoms with E-state index in [2.05, 4.69) is 25.9 Å². The minimum Gasteiger partial charge on any atom is -0.294 e. The van der Waals surface area contributed by atoms with Crippen molar-refractivity contribution >= 4 is 11.6 Å². The molecule has 0 saturated carbocycles. The van der Waals surface area contributed by atoms with Crippen molar-refractivity contribution in [3.8, 4) is 0 Å². The van der Waals surface area contributed by atoms with Gasteiger partial charge in [0.15, 0.2) is 0 Å². The predicted molar refractivity (Wildman–Crippen MR) is 107 cm³/mol. The number of nitrogens with zero attached hydrogens (tertiary/aromatic N) is 1. The van der Waals surface area contributed by atoms with Crippen LogP contribution in [0.5, 0.6) is 0 Å². The smallest absolute Gasteiger partial charge is 0.0845 e. The average molecular weight is 346 g/mol. The van der Waals surface area contributed by atoms with E-state index in [1.807, 2.05) is 0 Å². The molecule has 0 fully saturated rings. The van der Waals surface area contributed by atoms with Gasteiger partial charge in [-0.05, 0) is 20.5 Å². The molecule has 0 N–H and O–H groups in total. The summed E-state index contributed by atoms with van der Waals surface area (Å²) in [5, 5.41) is 0. The van der Waals surface area contributed by atoms with E-state index in [1.165, 1.54) is 103 Å². The van der Waals surface area contributed by atoms with Crippen LogP contribution < -0.4 is 0 Å². The highest BCUT2D eigenvalue weighted by Crippen LogP contribution is 2.15. The van der Waals surface area contributed by atoms with Crippen molar-refractivity contribution in [2.45, 2.75) is 122 Å². The van der Waals surface area contributed by atoms with Gasteiger partial charge in [-0.25, -0.2) is 0 Å². The van der Waals surface area contributed by atoms with E-state index in [0.717, 1.165) is 6.42 Å². The Kier molecular flexibility index (Phi) is 18.8. The van der Waals surface area contributed by atoms with Gasteiger partial charge in [-0.15, -0.1) is 11.6 Å². The van der Waals surface area contributed by atoms with Crippen molar-refractivity contribution in [3.63, 3.8) is 0 Å². The van der Waals surface area contributed by atoms with Crippen LogP contribution in [0.1, 0.15) is 116 Å². The van der Waals surface area contributed by atoms with Crippen molar-refractivity contribution in [2.75, 3.05) is 14.1 Å². The second-order valence-electron chi connectivity index (χ2n) is 7.49. The van der Waals surface area contributed by atoms with Gasteiger partial charge in [0.25, 0.3) is 0 Å². The molecular weight excluding hydrogens is 302 g/mol. The Labute approximate surface area is 152 Å². The average Bonchev–Trinajstić information content (AvgIpc) is 2.54. The van der Waals surface area contributed by atoms with E-state index >= 15 is 0 Å². The zero-order valence-electron chi connectivity index (χ0n) is 16.4. The summed E-state index contributed by atoms with van der Waals surface area (Å²) in [6, 6.07) is 0. The van der Waals surface area contributed by atoms with Crippen LogP contribution in [0.25, 0.3) is 0 Å². The van der Waals surface area contributed by atoms with Crippen LogP contribution in [0.3, 0.4) is 0 Å². The van der Waals surface area contributed by atoms with Crippen LogP contribution in [0.4, 0.5) is 0 Å². The third kappa shape index (κ3) is 18.4. The molecule has 0 aromatic heterocycles. The van der Waals surface area contributed by atoms with Gasteiger partial charge in [0.1, 0.15) is 0 Å². The van der Waals surface area contributed by atoms with Crippen LogP contribution in [0.15, 0.2) is 0 Å². The van der Waals surface area contributed by atoms with Crippen LogP contribution in [0.2, 0.25) is 0 Å². The maximum Gasteiger partial charge on any atom is 0.0845 e. The molecule has 0 aliphatic rings. The molecular formula is C21H44ClN. The molecule has 0 amide bonds. The SMILES string of the molecule is CCCCCCCCCCCCCCCCCCC(Cl)N(C)C. The summed E-state index contributed by atoms with van der Waals surface area (Å²) in [5.74, 6) is 0. The summed E-state index contributed by atoms with van der Waals surface area (Å²) in [7, 11) is 4.12. The summed E-state index contributed by atoms with van der Waals surface area (Å²) < 4.78 is 0. The van der Waals surface area contributed by atoms with E-state index in [1.54, 1.807) is 0 Å². The number of alkyl halides is 1. The molecule has 0 aliphatic heterocycles. The molecule has 0 aliphatic carbocycles. The maximum absolute atomic E-state index is 6.21. The fraction of sp³-hybridized carbons (Fsp3) is 1.00. The third-order valence-corrected chi connectivity index (χ3v) is 5.46. The third-order valence-electron chi connectivity index (χ3n) is 4.86. The molecule has 140 valence electrons. The zero-order chi connectivity index (χ0) is 17.2. The lowest BCUT2D eigenvalue weighted by Crippen LogP contribution is -2.21. The molecule has 0 saturated heterocycles. The number of halogens is 1. The highest BCUT2D eigenvalue weighted by Gasteiger charge is 2.05. The highest BCUT2D eigenvalue weighted by molar-refractivity contribution is 6.20. The van der Waals surface area contributed by atoms with E-state index in [9.17, 15) is 0 Å². The summed E-state index contributed by atoms with van der Waals surface area (Å²) in [4.78, 5) is 2.10. The van der Waals surface area contributed by atoms with E-state index in [0.29, 0.717) is 0 Å². The lowest BCUT2D eigenvalue weighted by molar-refractivity contribution is 0.351.